The van der Waals surface area contributed by atoms with Gasteiger partial charge in [0.25, 0.3) is 0 Å². The van der Waals surface area contributed by atoms with Crippen molar-refractivity contribution in [2.75, 3.05) is 52.8 Å². The fourth-order valence-electron chi connectivity index (χ4n) is 3.02. The number of halogens is 2. The number of guanidine groups is 1. The average Bonchev–Trinajstić information content (AvgIpc) is 2.79. The summed E-state index contributed by atoms with van der Waals surface area (Å²) in [5, 5.41) is 6.54. The highest BCUT2D eigenvalue weighted by Gasteiger charge is 2.12. The minimum Gasteiger partial charge on any atom is -0.494 e. The maximum Gasteiger partial charge on any atom is 0.243 e. The van der Waals surface area contributed by atoms with Gasteiger partial charge >= 0.3 is 0 Å². The first-order chi connectivity index (χ1) is 15.3. The van der Waals surface area contributed by atoms with E-state index in [4.69, 9.17) is 4.74 Å². The van der Waals surface area contributed by atoms with Gasteiger partial charge in [0, 0.05) is 39.9 Å². The Morgan fingerprint density at radius 3 is 2.45 bits per heavy atom. The van der Waals surface area contributed by atoms with Crippen LogP contribution in [-0.4, -0.2) is 64.7 Å². The number of hydrogen-bond donors (Lipinski definition) is 2. The molecule has 0 aromatic heterocycles. The van der Waals surface area contributed by atoms with Gasteiger partial charge in [-0.15, -0.1) is 24.0 Å². The van der Waals surface area contributed by atoms with E-state index in [1.165, 1.54) is 18.1 Å². The van der Waals surface area contributed by atoms with Crippen LogP contribution in [0.25, 0.3) is 0 Å². The highest BCUT2D eigenvalue weighted by Crippen LogP contribution is 2.21. The number of carbonyl (C=O) groups is 1. The van der Waals surface area contributed by atoms with Crippen LogP contribution in [0.2, 0.25) is 0 Å². The van der Waals surface area contributed by atoms with Crippen molar-refractivity contribution in [3.63, 3.8) is 0 Å². The molecule has 0 bridgehead atoms. The Morgan fingerprint density at radius 2 is 1.85 bits per heavy atom. The van der Waals surface area contributed by atoms with Crippen molar-refractivity contribution in [2.24, 2.45) is 4.99 Å². The maximum atomic E-state index is 14.1. The standard InChI is InChI=1S/C24H34FN5O2.HI/c1-18(19-12-13-22(32-5)21(25)16-19)28-24(27-17-23(31)29(2)3)26-14-9-15-30(4)20-10-7-6-8-11-20;/h6-8,10-13,16,18H,9,14-15,17H2,1-5H3,(H2,26,27,28);1H. The Labute approximate surface area is 213 Å². The summed E-state index contributed by atoms with van der Waals surface area (Å²) in [6, 6.07) is 14.8. The predicted octanol–water partition coefficient (Wildman–Crippen LogP) is 3.66. The summed E-state index contributed by atoms with van der Waals surface area (Å²) in [7, 11) is 6.88. The van der Waals surface area contributed by atoms with Crippen LogP contribution in [0, 0.1) is 5.82 Å². The minimum absolute atomic E-state index is 0. The molecule has 7 nitrogen and oxygen atoms in total. The van der Waals surface area contributed by atoms with Crippen LogP contribution >= 0.6 is 24.0 Å². The Balaban J connectivity index is 0.00000544. The van der Waals surface area contributed by atoms with Crippen LogP contribution in [0.5, 0.6) is 5.75 Å². The lowest BCUT2D eigenvalue weighted by molar-refractivity contribution is -0.127. The second kappa shape index (κ2) is 14.6. The van der Waals surface area contributed by atoms with E-state index in [2.05, 4.69) is 39.7 Å². The number of rotatable bonds is 10. The predicted molar refractivity (Wildman–Crippen MR) is 143 cm³/mol. The summed E-state index contributed by atoms with van der Waals surface area (Å²) in [6.45, 7) is 3.47. The van der Waals surface area contributed by atoms with Crippen molar-refractivity contribution in [1.29, 1.82) is 0 Å². The van der Waals surface area contributed by atoms with Gasteiger partial charge in [0.2, 0.25) is 5.91 Å². The maximum absolute atomic E-state index is 14.1. The van der Waals surface area contributed by atoms with Gasteiger partial charge in [-0.2, -0.15) is 0 Å². The van der Waals surface area contributed by atoms with E-state index in [0.717, 1.165) is 24.2 Å². The number of aliphatic imine (C=N–C) groups is 1. The van der Waals surface area contributed by atoms with Gasteiger partial charge in [0.15, 0.2) is 17.5 Å². The van der Waals surface area contributed by atoms with Crippen molar-refractivity contribution in [1.82, 2.24) is 15.5 Å². The lowest BCUT2D eigenvalue weighted by Gasteiger charge is -2.21. The molecule has 0 fully saturated rings. The molecule has 0 saturated carbocycles. The summed E-state index contributed by atoms with van der Waals surface area (Å²) in [6.07, 6.45) is 0.874. The van der Waals surface area contributed by atoms with E-state index < -0.39 is 5.82 Å². The van der Waals surface area contributed by atoms with Crippen molar-refractivity contribution < 1.29 is 13.9 Å². The molecule has 0 aliphatic rings. The first kappa shape index (κ1) is 28.5. The number of carbonyl (C=O) groups excluding carboxylic acids is 1. The van der Waals surface area contributed by atoms with Gasteiger partial charge in [-0.3, -0.25) is 4.79 Å². The molecule has 33 heavy (non-hydrogen) atoms. The first-order valence-electron chi connectivity index (χ1n) is 10.7. The van der Waals surface area contributed by atoms with Gasteiger partial charge in [0.1, 0.15) is 6.54 Å². The molecule has 182 valence electrons. The molecule has 9 heteroatoms. The zero-order valence-electron chi connectivity index (χ0n) is 20.0. The summed E-state index contributed by atoms with van der Waals surface area (Å²) < 4.78 is 19.1. The van der Waals surface area contributed by atoms with Crippen molar-refractivity contribution in [3.05, 3.63) is 59.9 Å². The number of ether oxygens (including phenoxy) is 1. The van der Waals surface area contributed by atoms with Crippen LogP contribution in [0.15, 0.2) is 53.5 Å². The van der Waals surface area contributed by atoms with Gasteiger partial charge < -0.3 is 25.2 Å². The van der Waals surface area contributed by atoms with Crippen LogP contribution in [0.3, 0.4) is 0 Å². The minimum atomic E-state index is -0.420. The Morgan fingerprint density at radius 1 is 1.15 bits per heavy atom. The van der Waals surface area contributed by atoms with Crippen molar-refractivity contribution in [3.8, 4) is 5.75 Å². The van der Waals surface area contributed by atoms with E-state index in [0.29, 0.717) is 12.5 Å². The molecule has 1 unspecified atom stereocenters. The first-order valence-corrected chi connectivity index (χ1v) is 10.7. The van der Waals surface area contributed by atoms with E-state index >= 15 is 0 Å². The molecule has 0 saturated heterocycles. The topological polar surface area (TPSA) is 69.2 Å². The highest BCUT2D eigenvalue weighted by molar-refractivity contribution is 14.0. The largest absolute Gasteiger partial charge is 0.494 e. The molecule has 0 spiro atoms. The second-order valence-electron chi connectivity index (χ2n) is 7.75. The van der Waals surface area contributed by atoms with Gasteiger partial charge in [-0.05, 0) is 43.2 Å². The van der Waals surface area contributed by atoms with Gasteiger partial charge in [-0.25, -0.2) is 9.38 Å². The number of hydrogen-bond acceptors (Lipinski definition) is 4. The zero-order chi connectivity index (χ0) is 23.5. The van der Waals surface area contributed by atoms with Crippen LogP contribution in [0.1, 0.15) is 24.9 Å². The second-order valence-corrected chi connectivity index (χ2v) is 7.75. The summed E-state index contributed by atoms with van der Waals surface area (Å²) >= 11 is 0. The molecular weight excluding hydrogens is 536 g/mol. The third-order valence-corrected chi connectivity index (χ3v) is 5.06. The smallest absolute Gasteiger partial charge is 0.243 e. The fourth-order valence-corrected chi connectivity index (χ4v) is 3.02. The molecule has 0 radical (unpaired) electrons. The number of nitrogens with zero attached hydrogens (tertiary/aromatic N) is 3. The zero-order valence-corrected chi connectivity index (χ0v) is 22.3. The number of amides is 1. The van der Waals surface area contributed by atoms with Crippen molar-refractivity contribution in [2.45, 2.75) is 19.4 Å². The summed E-state index contributed by atoms with van der Waals surface area (Å²) in [5.41, 5.74) is 1.91. The Hall–Kier alpha value is -2.56. The lowest BCUT2D eigenvalue weighted by Crippen LogP contribution is -2.41. The Bertz CT molecular complexity index is 896. The highest BCUT2D eigenvalue weighted by atomic mass is 127. The monoisotopic (exact) mass is 571 g/mol. The number of likely N-dealkylation sites (N-methyl/N-ethyl adjacent to an activating group) is 1. The molecule has 0 aliphatic carbocycles. The molecule has 0 aliphatic heterocycles. The van der Waals surface area contributed by atoms with E-state index in [9.17, 15) is 9.18 Å². The number of nitrogens with one attached hydrogen (secondary N) is 2. The number of para-hydroxylation sites is 1. The van der Waals surface area contributed by atoms with Crippen LogP contribution in [0.4, 0.5) is 10.1 Å². The molecule has 2 rings (SSSR count). The molecule has 2 aromatic carbocycles. The number of benzene rings is 2. The van der Waals surface area contributed by atoms with Crippen LogP contribution in [-0.2, 0) is 4.79 Å². The Kier molecular flexibility index (Phi) is 12.6. The molecule has 2 aromatic rings. The molecule has 1 amide bonds. The quantitative estimate of drug-likeness (QED) is 0.197. The molecular formula is C24H35FIN5O2. The van der Waals surface area contributed by atoms with E-state index in [1.54, 1.807) is 26.2 Å². The molecule has 0 heterocycles. The van der Waals surface area contributed by atoms with Crippen molar-refractivity contribution >= 4 is 41.5 Å². The SMILES string of the molecule is COc1ccc(C(C)NC(=NCC(=O)N(C)C)NCCCN(C)c2ccccc2)cc1F.I. The normalized spacial score (nSPS) is 11.8. The average molecular weight is 571 g/mol. The molecule has 1 atom stereocenters. The van der Waals surface area contributed by atoms with Gasteiger partial charge in [-0.1, -0.05) is 24.3 Å². The summed E-state index contributed by atoms with van der Waals surface area (Å²) in [5.74, 6) is 0.188. The van der Waals surface area contributed by atoms with E-state index in [1.807, 2.05) is 25.1 Å². The molecule has 2 N–H and O–H groups in total. The fraction of sp³-hybridized carbons (Fsp3) is 0.417. The number of anilines is 1. The lowest BCUT2D eigenvalue weighted by atomic mass is 10.1. The third-order valence-electron chi connectivity index (χ3n) is 5.06. The number of methoxy groups -OCH3 is 1. The third kappa shape index (κ3) is 9.45. The summed E-state index contributed by atoms with van der Waals surface area (Å²) in [4.78, 5) is 20.1. The van der Waals surface area contributed by atoms with Crippen LogP contribution < -0.4 is 20.3 Å². The van der Waals surface area contributed by atoms with E-state index in [-0.39, 0.29) is 48.2 Å². The van der Waals surface area contributed by atoms with Gasteiger partial charge in [0.05, 0.1) is 13.2 Å².